The summed E-state index contributed by atoms with van der Waals surface area (Å²) in [6.07, 6.45) is 0. The van der Waals surface area contributed by atoms with Crippen molar-refractivity contribution in [3.63, 3.8) is 0 Å². The third-order valence-corrected chi connectivity index (χ3v) is 7.99. The van der Waals surface area contributed by atoms with Crippen LogP contribution in [0.15, 0.2) is 73.7 Å². The largest absolute Gasteiger partial charge is 0.507 e. The van der Waals surface area contributed by atoms with Crippen molar-refractivity contribution in [1.29, 1.82) is 5.26 Å². The number of hydrogen-bond donors (Lipinski definition) is 2. The first kappa shape index (κ1) is 26.3. The van der Waals surface area contributed by atoms with Crippen LogP contribution in [0.5, 0.6) is 23.0 Å². The van der Waals surface area contributed by atoms with Crippen LogP contribution in [0.1, 0.15) is 18.1 Å². The lowest BCUT2D eigenvalue weighted by Gasteiger charge is -2.35. The van der Waals surface area contributed by atoms with E-state index in [9.17, 15) is 20.0 Å². The molecule has 3 N–H and O–H groups in total. The van der Waals surface area contributed by atoms with E-state index in [1.165, 1.54) is 31.3 Å². The number of methoxy groups -OCH3 is 2. The van der Waals surface area contributed by atoms with Crippen LogP contribution in [-0.2, 0) is 10.2 Å². The van der Waals surface area contributed by atoms with Crippen molar-refractivity contribution in [1.82, 2.24) is 0 Å². The lowest BCUT2D eigenvalue weighted by Crippen LogP contribution is -2.46. The van der Waals surface area contributed by atoms with Crippen molar-refractivity contribution >= 4 is 38.5 Å². The topological polar surface area (TPSA) is 148 Å². The van der Waals surface area contributed by atoms with Gasteiger partial charge in [-0.1, -0.05) is 15.9 Å². The second-order valence-corrected chi connectivity index (χ2v) is 10.3. The summed E-state index contributed by atoms with van der Waals surface area (Å²) in [6, 6.07) is 14.9. The molecule has 1 spiro atoms. The van der Waals surface area contributed by atoms with Crippen LogP contribution in [0.2, 0.25) is 0 Å². The number of fused-ring (bicyclic) bond motifs is 5. The van der Waals surface area contributed by atoms with Crippen LogP contribution < -0.4 is 30.3 Å². The number of phenols is 1. The standard InChI is InChI=1S/C30H22BrN3O7/c1-4-34-19-8-5-14(31)9-17(19)30(29(34)37)18(13-32)28(33)41-24-12-23-25(27(36)26(24)30)20(35)11-22(40-23)16-7-6-15(38-2)10-21(16)39-3/h5-12,36H,4,33H2,1-3H3. The van der Waals surface area contributed by atoms with E-state index >= 15 is 0 Å². The van der Waals surface area contributed by atoms with Gasteiger partial charge < -0.3 is 34.4 Å². The number of nitrogens with two attached hydrogens (primary N) is 1. The summed E-state index contributed by atoms with van der Waals surface area (Å²) < 4.78 is 23.3. The number of carbonyl (C=O) groups excluding carboxylic acids is 1. The van der Waals surface area contributed by atoms with E-state index in [1.807, 2.05) is 6.07 Å². The van der Waals surface area contributed by atoms with Crippen LogP contribution in [0.25, 0.3) is 22.3 Å². The summed E-state index contributed by atoms with van der Waals surface area (Å²) >= 11 is 3.46. The minimum absolute atomic E-state index is 0.0164. The summed E-state index contributed by atoms with van der Waals surface area (Å²) in [5.41, 5.74) is 4.99. The van der Waals surface area contributed by atoms with Gasteiger partial charge in [0, 0.05) is 40.5 Å². The Bertz CT molecular complexity index is 1940. The minimum atomic E-state index is -1.86. The highest BCUT2D eigenvalue weighted by Crippen LogP contribution is 2.59. The third-order valence-electron chi connectivity index (χ3n) is 7.49. The number of benzene rings is 3. The van der Waals surface area contributed by atoms with Gasteiger partial charge in [0.2, 0.25) is 11.8 Å². The Morgan fingerprint density at radius 1 is 1.12 bits per heavy atom. The first-order valence-corrected chi connectivity index (χ1v) is 13.3. The molecule has 0 saturated carbocycles. The Morgan fingerprint density at radius 3 is 2.59 bits per heavy atom. The number of amides is 1. The molecule has 206 valence electrons. The van der Waals surface area contributed by atoms with Gasteiger partial charge in [0.15, 0.2) is 5.43 Å². The van der Waals surface area contributed by atoms with Gasteiger partial charge in [0.1, 0.15) is 56.8 Å². The zero-order valence-electron chi connectivity index (χ0n) is 22.1. The van der Waals surface area contributed by atoms with E-state index in [0.717, 1.165) is 0 Å². The van der Waals surface area contributed by atoms with Gasteiger partial charge in [-0.15, -0.1) is 0 Å². The molecule has 3 heterocycles. The third kappa shape index (κ3) is 3.47. The van der Waals surface area contributed by atoms with Gasteiger partial charge in [-0.2, -0.15) is 5.26 Å². The van der Waals surface area contributed by atoms with Crippen molar-refractivity contribution < 1.29 is 28.5 Å². The molecule has 4 aromatic rings. The molecule has 1 unspecified atom stereocenters. The van der Waals surface area contributed by atoms with Crippen molar-refractivity contribution in [3.8, 4) is 40.4 Å². The number of carbonyl (C=O) groups is 1. The Kier molecular flexibility index (Phi) is 5.97. The monoisotopic (exact) mass is 615 g/mol. The summed E-state index contributed by atoms with van der Waals surface area (Å²) in [5.74, 6) is -0.265. The number of nitriles is 1. The van der Waals surface area contributed by atoms with E-state index < -0.39 is 22.5 Å². The number of halogens is 1. The number of likely N-dealkylation sites (N-methyl/N-ethyl adjacent to an activating group) is 1. The highest BCUT2D eigenvalue weighted by atomic mass is 79.9. The molecule has 2 aliphatic rings. The smallest absolute Gasteiger partial charge is 0.247 e. The SMILES string of the molecule is CCN1C(=O)C2(C(C#N)=C(N)Oc3cc4oc(-c5ccc(OC)cc5OC)cc(=O)c4c(O)c32)c2cc(Br)ccc21. The van der Waals surface area contributed by atoms with Gasteiger partial charge in [-0.25, -0.2) is 0 Å². The second kappa shape index (κ2) is 9.31. The average Bonchev–Trinajstić information content (AvgIpc) is 3.19. The maximum absolute atomic E-state index is 14.3. The van der Waals surface area contributed by atoms with E-state index in [4.69, 9.17) is 24.4 Å². The first-order chi connectivity index (χ1) is 19.7. The van der Waals surface area contributed by atoms with Crippen molar-refractivity contribution in [2.45, 2.75) is 12.3 Å². The summed E-state index contributed by atoms with van der Waals surface area (Å²) in [7, 11) is 3.00. The molecule has 1 aromatic heterocycles. The average molecular weight is 616 g/mol. The van der Waals surface area contributed by atoms with Crippen LogP contribution in [0.4, 0.5) is 5.69 Å². The molecular formula is C30H22BrN3O7. The molecule has 1 amide bonds. The molecular weight excluding hydrogens is 594 g/mol. The highest BCUT2D eigenvalue weighted by molar-refractivity contribution is 9.10. The number of aromatic hydroxyl groups is 1. The molecule has 3 aromatic carbocycles. The quantitative estimate of drug-likeness (QED) is 0.333. The lowest BCUT2D eigenvalue weighted by molar-refractivity contribution is -0.120. The van der Waals surface area contributed by atoms with E-state index in [-0.39, 0.29) is 46.0 Å². The molecule has 1 atom stereocenters. The number of nitrogens with zero attached hydrogens (tertiary/aromatic N) is 2. The predicted molar refractivity (Wildman–Crippen MR) is 153 cm³/mol. The fraction of sp³-hybridized carbons (Fsp3) is 0.167. The van der Waals surface area contributed by atoms with Gasteiger partial charge in [-0.3, -0.25) is 9.59 Å². The number of hydrogen-bond acceptors (Lipinski definition) is 9. The van der Waals surface area contributed by atoms with Crippen LogP contribution in [0.3, 0.4) is 0 Å². The lowest BCUT2D eigenvalue weighted by atomic mass is 9.68. The van der Waals surface area contributed by atoms with Crippen LogP contribution in [0, 0.1) is 11.3 Å². The molecule has 0 radical (unpaired) electrons. The zero-order valence-corrected chi connectivity index (χ0v) is 23.7. The van der Waals surface area contributed by atoms with Gasteiger partial charge >= 0.3 is 0 Å². The van der Waals surface area contributed by atoms with Crippen LogP contribution >= 0.6 is 15.9 Å². The van der Waals surface area contributed by atoms with E-state index in [0.29, 0.717) is 32.8 Å². The second-order valence-electron chi connectivity index (χ2n) is 9.43. The summed E-state index contributed by atoms with van der Waals surface area (Å²) in [4.78, 5) is 29.4. The maximum atomic E-state index is 14.3. The molecule has 0 bridgehead atoms. The summed E-state index contributed by atoms with van der Waals surface area (Å²) in [5, 5.41) is 21.8. The number of ether oxygens (including phenoxy) is 3. The molecule has 6 rings (SSSR count). The zero-order chi connectivity index (χ0) is 29.2. The molecule has 0 aliphatic carbocycles. The van der Waals surface area contributed by atoms with E-state index in [2.05, 4.69) is 15.9 Å². The number of rotatable bonds is 4. The Morgan fingerprint density at radius 2 is 1.90 bits per heavy atom. The van der Waals surface area contributed by atoms with Crippen molar-refractivity contribution in [2.24, 2.45) is 5.73 Å². The predicted octanol–water partition coefficient (Wildman–Crippen LogP) is 4.68. The van der Waals surface area contributed by atoms with Crippen molar-refractivity contribution in [2.75, 3.05) is 25.7 Å². The molecule has 10 nitrogen and oxygen atoms in total. The van der Waals surface area contributed by atoms with Crippen LogP contribution in [-0.4, -0.2) is 31.8 Å². The normalized spacial score (nSPS) is 17.3. The minimum Gasteiger partial charge on any atom is -0.507 e. The fourth-order valence-electron chi connectivity index (χ4n) is 5.74. The molecule has 2 aliphatic heterocycles. The molecule has 11 heteroatoms. The highest BCUT2D eigenvalue weighted by Gasteiger charge is 2.60. The Hall–Kier alpha value is -4.95. The fourth-order valence-corrected chi connectivity index (χ4v) is 6.10. The number of anilines is 1. The summed E-state index contributed by atoms with van der Waals surface area (Å²) in [6.45, 7) is 2.08. The molecule has 0 fully saturated rings. The van der Waals surface area contributed by atoms with E-state index in [1.54, 1.807) is 43.3 Å². The van der Waals surface area contributed by atoms with Gasteiger partial charge in [-0.05, 0) is 37.3 Å². The Balaban J connectivity index is 1.69. The molecule has 0 saturated heterocycles. The molecule has 41 heavy (non-hydrogen) atoms. The maximum Gasteiger partial charge on any atom is 0.247 e. The van der Waals surface area contributed by atoms with Gasteiger partial charge in [0.05, 0.1) is 25.3 Å². The van der Waals surface area contributed by atoms with Crippen molar-refractivity contribution in [3.05, 3.63) is 85.8 Å². The first-order valence-electron chi connectivity index (χ1n) is 12.5. The Labute approximate surface area is 241 Å². The van der Waals surface area contributed by atoms with Gasteiger partial charge in [0.25, 0.3) is 0 Å². The number of phenolic OH excluding ortho intramolecular Hbond substituents is 1.